The Morgan fingerprint density at radius 2 is 2.29 bits per heavy atom. The van der Waals surface area contributed by atoms with Gasteiger partial charge in [-0.3, -0.25) is 4.79 Å². The fraction of sp³-hybridized carbons (Fsp3) is 0.900. The summed E-state index contributed by atoms with van der Waals surface area (Å²) in [5.41, 5.74) is 0. The molecule has 1 aliphatic heterocycles. The van der Waals surface area contributed by atoms with E-state index in [1.807, 2.05) is 13.8 Å². The summed E-state index contributed by atoms with van der Waals surface area (Å²) in [6.45, 7) is 5.27. The number of halogens is 1. The molecule has 2 unspecified atom stereocenters. The highest BCUT2D eigenvalue weighted by Crippen LogP contribution is 2.21. The van der Waals surface area contributed by atoms with Gasteiger partial charge in [-0.05, 0) is 26.7 Å². The third-order valence-electron chi connectivity index (χ3n) is 2.29. The summed E-state index contributed by atoms with van der Waals surface area (Å²) in [6.07, 6.45) is 1.99. The van der Waals surface area contributed by atoms with E-state index in [0.717, 1.165) is 19.4 Å². The molecule has 0 aromatic heterocycles. The van der Waals surface area contributed by atoms with Crippen LogP contribution < -0.4 is 5.32 Å². The Hall–Kier alpha value is -0.280. The quantitative estimate of drug-likeness (QED) is 0.732. The average molecular weight is 220 g/mol. The zero-order valence-corrected chi connectivity index (χ0v) is 9.51. The van der Waals surface area contributed by atoms with Crippen LogP contribution in [-0.4, -0.2) is 30.5 Å². The number of ether oxygens (including phenoxy) is 1. The lowest BCUT2D eigenvalue weighted by atomic mass is 9.97. The molecule has 4 heteroatoms. The maximum atomic E-state index is 11.6. The van der Waals surface area contributed by atoms with Gasteiger partial charge in [0.15, 0.2) is 0 Å². The van der Waals surface area contributed by atoms with Gasteiger partial charge in [-0.2, -0.15) is 0 Å². The summed E-state index contributed by atoms with van der Waals surface area (Å²) >= 11 is 6.06. The highest BCUT2D eigenvalue weighted by atomic mass is 35.5. The molecule has 1 N–H and O–H groups in total. The van der Waals surface area contributed by atoms with Crippen molar-refractivity contribution >= 4 is 17.5 Å². The van der Waals surface area contributed by atoms with E-state index < -0.39 is 5.38 Å². The molecule has 1 saturated heterocycles. The van der Waals surface area contributed by atoms with E-state index in [0.29, 0.717) is 6.61 Å². The molecule has 0 spiro atoms. The molecule has 2 atom stereocenters. The second kappa shape index (κ2) is 5.56. The van der Waals surface area contributed by atoms with Gasteiger partial charge in [0.25, 0.3) is 0 Å². The molecule has 14 heavy (non-hydrogen) atoms. The van der Waals surface area contributed by atoms with Crippen LogP contribution in [0.25, 0.3) is 0 Å². The fourth-order valence-electron chi connectivity index (χ4n) is 1.57. The van der Waals surface area contributed by atoms with Crippen molar-refractivity contribution < 1.29 is 9.53 Å². The number of carbonyl (C=O) groups is 1. The van der Waals surface area contributed by atoms with Gasteiger partial charge in [-0.25, -0.2) is 0 Å². The summed E-state index contributed by atoms with van der Waals surface area (Å²) < 4.78 is 5.29. The van der Waals surface area contributed by atoms with Crippen LogP contribution in [0, 0.1) is 5.92 Å². The van der Waals surface area contributed by atoms with Crippen molar-refractivity contribution in [2.24, 2.45) is 5.92 Å². The minimum atomic E-state index is -0.447. The van der Waals surface area contributed by atoms with Crippen LogP contribution in [0.4, 0.5) is 0 Å². The van der Waals surface area contributed by atoms with Crippen molar-refractivity contribution in [3.8, 4) is 0 Å². The van der Waals surface area contributed by atoms with Crippen LogP contribution in [0.15, 0.2) is 0 Å². The SMILES string of the molecule is CC(C)NC(=O)C(Cl)C1CCCOC1. The summed E-state index contributed by atoms with van der Waals surface area (Å²) in [5.74, 6) is 0.0985. The van der Waals surface area contributed by atoms with Crippen LogP contribution in [-0.2, 0) is 9.53 Å². The first kappa shape index (κ1) is 11.8. The lowest BCUT2D eigenvalue weighted by molar-refractivity contribution is -0.123. The molecule has 1 rings (SSSR count). The average Bonchev–Trinajstić information content (AvgIpc) is 2.17. The number of hydrogen-bond donors (Lipinski definition) is 1. The van der Waals surface area contributed by atoms with Gasteiger partial charge >= 0.3 is 0 Å². The monoisotopic (exact) mass is 219 g/mol. The van der Waals surface area contributed by atoms with Gasteiger partial charge in [0.1, 0.15) is 5.38 Å². The molecular formula is C10H18ClNO2. The predicted octanol–water partition coefficient (Wildman–Crippen LogP) is 1.54. The molecule has 0 aliphatic carbocycles. The molecule has 1 heterocycles. The van der Waals surface area contributed by atoms with Crippen molar-refractivity contribution in [3.63, 3.8) is 0 Å². The number of nitrogens with one attached hydrogen (secondary N) is 1. The summed E-state index contributed by atoms with van der Waals surface area (Å²) in [7, 11) is 0. The van der Waals surface area contributed by atoms with E-state index in [4.69, 9.17) is 16.3 Å². The molecule has 3 nitrogen and oxygen atoms in total. The Morgan fingerprint density at radius 1 is 1.57 bits per heavy atom. The molecule has 0 bridgehead atoms. The van der Waals surface area contributed by atoms with Gasteiger partial charge in [0.05, 0.1) is 6.61 Å². The molecule has 82 valence electrons. The van der Waals surface area contributed by atoms with Crippen LogP contribution in [0.2, 0.25) is 0 Å². The van der Waals surface area contributed by atoms with Gasteiger partial charge in [-0.15, -0.1) is 11.6 Å². The molecule has 0 aromatic rings. The second-order valence-corrected chi connectivity index (χ2v) is 4.51. The van der Waals surface area contributed by atoms with Crippen LogP contribution in [0.1, 0.15) is 26.7 Å². The van der Waals surface area contributed by atoms with Gasteiger partial charge in [0, 0.05) is 18.6 Å². The Morgan fingerprint density at radius 3 is 2.79 bits per heavy atom. The largest absolute Gasteiger partial charge is 0.381 e. The van der Waals surface area contributed by atoms with E-state index >= 15 is 0 Å². The van der Waals surface area contributed by atoms with Crippen molar-refractivity contribution in [2.45, 2.75) is 38.1 Å². The third-order valence-corrected chi connectivity index (χ3v) is 2.85. The van der Waals surface area contributed by atoms with Gasteiger partial charge < -0.3 is 10.1 Å². The molecular weight excluding hydrogens is 202 g/mol. The zero-order chi connectivity index (χ0) is 10.6. The van der Waals surface area contributed by atoms with Gasteiger partial charge in [0.2, 0.25) is 5.91 Å². The van der Waals surface area contributed by atoms with E-state index in [2.05, 4.69) is 5.32 Å². The minimum Gasteiger partial charge on any atom is -0.381 e. The first-order valence-corrected chi connectivity index (χ1v) is 5.57. The van der Waals surface area contributed by atoms with E-state index in [1.165, 1.54) is 0 Å². The number of carbonyl (C=O) groups excluding carboxylic acids is 1. The highest BCUT2D eigenvalue weighted by Gasteiger charge is 2.28. The van der Waals surface area contributed by atoms with Crippen LogP contribution in [0.3, 0.4) is 0 Å². The van der Waals surface area contributed by atoms with Crippen molar-refractivity contribution in [1.82, 2.24) is 5.32 Å². The van der Waals surface area contributed by atoms with Crippen molar-refractivity contribution in [1.29, 1.82) is 0 Å². The Labute approximate surface area is 90.1 Å². The number of amides is 1. The summed E-state index contributed by atoms with van der Waals surface area (Å²) in [4.78, 5) is 11.6. The van der Waals surface area contributed by atoms with E-state index in [-0.39, 0.29) is 17.9 Å². The molecule has 0 radical (unpaired) electrons. The first-order chi connectivity index (χ1) is 6.61. The lowest BCUT2D eigenvalue weighted by Crippen LogP contribution is -2.41. The lowest BCUT2D eigenvalue weighted by Gasteiger charge is -2.26. The number of rotatable bonds is 3. The van der Waals surface area contributed by atoms with Crippen molar-refractivity contribution in [3.05, 3.63) is 0 Å². The minimum absolute atomic E-state index is 0.0721. The van der Waals surface area contributed by atoms with Crippen LogP contribution in [0.5, 0.6) is 0 Å². The summed E-state index contributed by atoms with van der Waals surface area (Å²) in [6, 6.07) is 0.147. The molecule has 0 aromatic carbocycles. The smallest absolute Gasteiger partial charge is 0.238 e. The fourth-order valence-corrected chi connectivity index (χ4v) is 1.84. The van der Waals surface area contributed by atoms with E-state index in [9.17, 15) is 4.79 Å². The third kappa shape index (κ3) is 3.46. The summed E-state index contributed by atoms with van der Waals surface area (Å²) in [5, 5.41) is 2.37. The van der Waals surface area contributed by atoms with Crippen molar-refractivity contribution in [2.75, 3.05) is 13.2 Å². The highest BCUT2D eigenvalue weighted by molar-refractivity contribution is 6.31. The van der Waals surface area contributed by atoms with Crippen LogP contribution >= 0.6 is 11.6 Å². The first-order valence-electron chi connectivity index (χ1n) is 5.13. The second-order valence-electron chi connectivity index (χ2n) is 4.04. The number of hydrogen-bond acceptors (Lipinski definition) is 2. The van der Waals surface area contributed by atoms with E-state index in [1.54, 1.807) is 0 Å². The molecule has 1 aliphatic rings. The molecule has 1 fully saturated rings. The number of alkyl halides is 1. The normalized spacial score (nSPS) is 24.7. The standard InChI is InChI=1S/C10H18ClNO2/c1-7(2)12-10(13)9(11)8-4-3-5-14-6-8/h7-9H,3-6H2,1-2H3,(H,12,13). The topological polar surface area (TPSA) is 38.3 Å². The van der Waals surface area contributed by atoms with Gasteiger partial charge in [-0.1, -0.05) is 0 Å². The molecule has 1 amide bonds. The zero-order valence-electron chi connectivity index (χ0n) is 8.75. The Kier molecular flexibility index (Phi) is 4.69. The molecule has 0 saturated carbocycles. The maximum Gasteiger partial charge on any atom is 0.238 e. The predicted molar refractivity (Wildman–Crippen MR) is 56.5 cm³/mol. The maximum absolute atomic E-state index is 11.6. The Bertz CT molecular complexity index is 191. The Balaban J connectivity index is 2.38.